The monoisotopic (exact) mass is 254 g/mol. The molecule has 1 atom stereocenters. The van der Waals surface area contributed by atoms with Crippen molar-refractivity contribution in [3.05, 3.63) is 35.9 Å². The van der Waals surface area contributed by atoms with Gasteiger partial charge in [0.2, 0.25) is 0 Å². The van der Waals surface area contributed by atoms with E-state index in [9.17, 15) is 4.79 Å². The van der Waals surface area contributed by atoms with Gasteiger partial charge in [0.05, 0.1) is 19.3 Å². The Kier molecular flexibility index (Phi) is 11.6. The highest BCUT2D eigenvalue weighted by Gasteiger charge is 2.10. The second kappa shape index (κ2) is 10.9. The molecule has 0 radical (unpaired) electrons. The van der Waals surface area contributed by atoms with E-state index in [1.165, 1.54) is 0 Å². The molecule has 104 valence electrons. The van der Waals surface area contributed by atoms with Crippen molar-refractivity contribution in [2.75, 3.05) is 13.7 Å². The predicted octanol–water partition coefficient (Wildman–Crippen LogP) is 3.47. The number of rotatable bonds is 7. The second-order valence-corrected chi connectivity index (χ2v) is 3.76. The molecule has 0 N–H and O–H groups in total. The van der Waals surface area contributed by atoms with Gasteiger partial charge in [0.1, 0.15) is 5.78 Å². The van der Waals surface area contributed by atoms with Gasteiger partial charge in [-0.1, -0.05) is 45.2 Å². The van der Waals surface area contributed by atoms with E-state index in [4.69, 9.17) is 9.47 Å². The van der Waals surface area contributed by atoms with Gasteiger partial charge in [0.25, 0.3) is 0 Å². The number of ether oxygens (including phenoxy) is 2. The average Bonchev–Trinajstić information content (AvgIpc) is 2.28. The number of carbonyl (C=O) groups excluding carboxylic acids is 1. The third-order valence-electron chi connectivity index (χ3n) is 2.26. The maximum absolute atomic E-state index is 10.9. The fraction of sp³-hybridized carbons (Fsp3) is 0.533. The van der Waals surface area contributed by atoms with Gasteiger partial charge in [-0.05, 0) is 12.5 Å². The zero-order valence-electron chi connectivity index (χ0n) is 9.81. The van der Waals surface area contributed by atoms with Crippen molar-refractivity contribution < 1.29 is 14.3 Å². The molecule has 1 aromatic carbocycles. The van der Waals surface area contributed by atoms with Crippen molar-refractivity contribution in [3.63, 3.8) is 0 Å². The maximum atomic E-state index is 10.9. The summed E-state index contributed by atoms with van der Waals surface area (Å²) >= 11 is 0. The van der Waals surface area contributed by atoms with Crippen LogP contribution in [-0.4, -0.2) is 25.6 Å². The molecule has 0 heterocycles. The van der Waals surface area contributed by atoms with Crippen molar-refractivity contribution in [2.45, 2.75) is 40.9 Å². The second-order valence-electron chi connectivity index (χ2n) is 3.76. The summed E-state index contributed by atoms with van der Waals surface area (Å²) in [5.74, 6) is 0.121. The zero-order chi connectivity index (χ0) is 11.8. The minimum atomic E-state index is -0.138. The van der Waals surface area contributed by atoms with Crippen LogP contribution < -0.4 is 0 Å². The van der Waals surface area contributed by atoms with Crippen molar-refractivity contribution in [2.24, 2.45) is 0 Å². The lowest BCUT2D eigenvalue weighted by atomic mass is 10.2. The summed E-state index contributed by atoms with van der Waals surface area (Å²) < 4.78 is 10.6. The molecule has 18 heavy (non-hydrogen) atoms. The van der Waals surface area contributed by atoms with Crippen molar-refractivity contribution in [1.29, 1.82) is 0 Å². The van der Waals surface area contributed by atoms with Gasteiger partial charge in [-0.15, -0.1) is 0 Å². The molecule has 0 fully saturated rings. The molecule has 1 rings (SSSR count). The van der Waals surface area contributed by atoms with Crippen LogP contribution >= 0.6 is 0 Å². The number of benzene rings is 1. The van der Waals surface area contributed by atoms with Gasteiger partial charge in [-0.3, -0.25) is 4.79 Å². The molecule has 0 aliphatic heterocycles. The number of hydrogen-bond acceptors (Lipinski definition) is 3. The van der Waals surface area contributed by atoms with Crippen molar-refractivity contribution in [1.82, 2.24) is 0 Å². The Morgan fingerprint density at radius 3 is 2.33 bits per heavy atom. The summed E-state index contributed by atoms with van der Waals surface area (Å²) in [6.45, 7) is 2.56. The molecule has 3 heteroatoms. The lowest BCUT2D eigenvalue weighted by molar-refractivity contribution is -0.120. The molecule has 0 saturated carbocycles. The lowest BCUT2D eigenvalue weighted by Crippen LogP contribution is -2.21. The first-order chi connectivity index (χ1) is 7.72. The lowest BCUT2D eigenvalue weighted by Gasteiger charge is -2.13. The molecule has 0 saturated heterocycles. The van der Waals surface area contributed by atoms with Crippen LogP contribution in [-0.2, 0) is 20.9 Å². The fourth-order valence-corrected chi connectivity index (χ4v) is 1.41. The van der Waals surface area contributed by atoms with E-state index in [0.29, 0.717) is 19.6 Å². The molecule has 3 nitrogen and oxygen atoms in total. The normalized spacial score (nSPS) is 11.0. The SMILES string of the molecule is C.C.COC(COCc1ccccc1)CC(C)=O. The number of methoxy groups -OCH3 is 1. The Morgan fingerprint density at radius 2 is 1.83 bits per heavy atom. The summed E-state index contributed by atoms with van der Waals surface area (Å²) in [5, 5.41) is 0. The Hall–Kier alpha value is -1.19. The quantitative estimate of drug-likeness (QED) is 0.747. The Balaban J connectivity index is 0. The van der Waals surface area contributed by atoms with Crippen LogP contribution in [0.4, 0.5) is 0 Å². The highest BCUT2D eigenvalue weighted by atomic mass is 16.5. The van der Waals surface area contributed by atoms with Gasteiger partial charge in [0.15, 0.2) is 0 Å². The van der Waals surface area contributed by atoms with E-state index < -0.39 is 0 Å². The molecule has 0 amide bonds. The summed E-state index contributed by atoms with van der Waals surface area (Å²) in [6.07, 6.45) is 0.270. The van der Waals surface area contributed by atoms with Crippen LogP contribution in [0.1, 0.15) is 33.8 Å². The molecular formula is C15H26O3. The standard InChI is InChI=1S/C13H18O3.2CH4/c1-11(14)8-13(15-2)10-16-9-12-6-4-3-5-7-12;;/h3-7,13H,8-10H2,1-2H3;2*1H4. The van der Waals surface area contributed by atoms with Crippen LogP contribution in [0.15, 0.2) is 30.3 Å². The van der Waals surface area contributed by atoms with Crippen molar-refractivity contribution in [3.8, 4) is 0 Å². The van der Waals surface area contributed by atoms with Gasteiger partial charge in [-0.25, -0.2) is 0 Å². The largest absolute Gasteiger partial charge is 0.379 e. The minimum absolute atomic E-state index is 0. The van der Waals surface area contributed by atoms with E-state index >= 15 is 0 Å². The number of carbonyl (C=O) groups is 1. The molecule has 0 spiro atoms. The smallest absolute Gasteiger partial charge is 0.132 e. The van der Waals surface area contributed by atoms with E-state index in [2.05, 4.69) is 0 Å². The number of hydrogen-bond donors (Lipinski definition) is 0. The molecule has 0 aromatic heterocycles. The molecule has 0 bridgehead atoms. The number of Topliss-reactive ketones (excluding diaryl/α,β-unsaturated/α-hetero) is 1. The first kappa shape index (κ1) is 19.2. The zero-order valence-corrected chi connectivity index (χ0v) is 9.81. The van der Waals surface area contributed by atoms with Crippen molar-refractivity contribution >= 4 is 5.78 Å². The molecule has 1 unspecified atom stereocenters. The first-order valence-electron chi connectivity index (χ1n) is 5.36. The van der Waals surface area contributed by atoms with Gasteiger partial charge in [-0.2, -0.15) is 0 Å². The third-order valence-corrected chi connectivity index (χ3v) is 2.26. The Labute approximate surface area is 111 Å². The third kappa shape index (κ3) is 7.98. The van der Waals surface area contributed by atoms with Crippen LogP contribution in [0.5, 0.6) is 0 Å². The Bertz CT molecular complexity index is 309. The van der Waals surface area contributed by atoms with E-state index in [1.54, 1.807) is 14.0 Å². The van der Waals surface area contributed by atoms with Crippen LogP contribution in [0.25, 0.3) is 0 Å². The molecule has 0 aliphatic carbocycles. The summed E-state index contributed by atoms with van der Waals surface area (Å²) in [6, 6.07) is 9.93. The highest BCUT2D eigenvalue weighted by Crippen LogP contribution is 2.04. The first-order valence-corrected chi connectivity index (χ1v) is 5.36. The van der Waals surface area contributed by atoms with Crippen LogP contribution in [0, 0.1) is 0 Å². The van der Waals surface area contributed by atoms with E-state index in [1.807, 2.05) is 30.3 Å². The number of ketones is 1. The van der Waals surface area contributed by atoms with Gasteiger partial charge in [0, 0.05) is 13.5 Å². The highest BCUT2D eigenvalue weighted by molar-refractivity contribution is 5.75. The summed E-state index contributed by atoms with van der Waals surface area (Å²) in [7, 11) is 1.60. The van der Waals surface area contributed by atoms with E-state index in [0.717, 1.165) is 5.56 Å². The topological polar surface area (TPSA) is 35.5 Å². The minimum Gasteiger partial charge on any atom is -0.379 e. The predicted molar refractivity (Wildman–Crippen MR) is 75.7 cm³/mol. The van der Waals surface area contributed by atoms with Gasteiger partial charge >= 0.3 is 0 Å². The van der Waals surface area contributed by atoms with Crippen LogP contribution in [0.2, 0.25) is 0 Å². The average molecular weight is 254 g/mol. The molecule has 1 aromatic rings. The van der Waals surface area contributed by atoms with E-state index in [-0.39, 0.29) is 26.7 Å². The maximum Gasteiger partial charge on any atom is 0.132 e. The Morgan fingerprint density at radius 1 is 1.22 bits per heavy atom. The fourth-order valence-electron chi connectivity index (χ4n) is 1.41. The molecule has 0 aliphatic rings. The molecular weight excluding hydrogens is 228 g/mol. The summed E-state index contributed by atoms with van der Waals surface area (Å²) in [4.78, 5) is 10.9. The summed E-state index contributed by atoms with van der Waals surface area (Å²) in [5.41, 5.74) is 1.13. The van der Waals surface area contributed by atoms with Crippen LogP contribution in [0.3, 0.4) is 0 Å². The van der Waals surface area contributed by atoms with Gasteiger partial charge < -0.3 is 9.47 Å².